The normalized spacial score (nSPS) is 18.0. The van der Waals surface area contributed by atoms with Crippen molar-refractivity contribution in [3.63, 3.8) is 0 Å². The lowest BCUT2D eigenvalue weighted by Gasteiger charge is -2.50. The van der Waals surface area contributed by atoms with Crippen LogP contribution in [0.25, 0.3) is 0 Å². The minimum absolute atomic E-state index is 0.0550. The summed E-state index contributed by atoms with van der Waals surface area (Å²) in [6.07, 6.45) is 4.82. The molecule has 1 saturated heterocycles. The van der Waals surface area contributed by atoms with Gasteiger partial charge in [0.2, 0.25) is 5.91 Å². The number of aryl methyl sites for hydroxylation is 2. The summed E-state index contributed by atoms with van der Waals surface area (Å²) in [7, 11) is 0. The SMILES string of the molecule is CC(CO)NC(=O)C1(Cc2ccccc2)CN(c2nc3c(cc2C#N)CCCC3)C1. The van der Waals surface area contributed by atoms with Gasteiger partial charge in [-0.05, 0) is 56.2 Å². The van der Waals surface area contributed by atoms with Crippen molar-refractivity contribution >= 4 is 11.7 Å². The Morgan fingerprint density at radius 2 is 2.03 bits per heavy atom. The maximum atomic E-state index is 13.2. The first-order valence-electron chi connectivity index (χ1n) is 10.7. The molecule has 1 unspecified atom stereocenters. The molecule has 1 aromatic carbocycles. The molecular weight excluding hydrogens is 376 g/mol. The highest BCUT2D eigenvalue weighted by Crippen LogP contribution is 2.39. The van der Waals surface area contributed by atoms with Crippen LogP contribution in [0.5, 0.6) is 0 Å². The molecule has 0 spiro atoms. The van der Waals surface area contributed by atoms with Crippen molar-refractivity contribution in [1.82, 2.24) is 10.3 Å². The summed E-state index contributed by atoms with van der Waals surface area (Å²) in [5.41, 5.74) is 3.37. The Morgan fingerprint density at radius 3 is 2.73 bits per heavy atom. The number of anilines is 1. The number of nitrogens with zero attached hydrogens (tertiary/aromatic N) is 3. The minimum Gasteiger partial charge on any atom is -0.394 e. The van der Waals surface area contributed by atoms with Crippen LogP contribution < -0.4 is 10.2 Å². The molecule has 1 amide bonds. The molecule has 1 aromatic heterocycles. The van der Waals surface area contributed by atoms with E-state index in [1.807, 2.05) is 36.4 Å². The number of nitrogens with one attached hydrogen (secondary N) is 1. The molecule has 6 heteroatoms. The second-order valence-corrected chi connectivity index (χ2v) is 8.64. The largest absolute Gasteiger partial charge is 0.394 e. The van der Waals surface area contributed by atoms with Crippen LogP contribution in [0.15, 0.2) is 36.4 Å². The average Bonchev–Trinajstić information content (AvgIpc) is 2.75. The second kappa shape index (κ2) is 8.45. The van der Waals surface area contributed by atoms with Gasteiger partial charge in [0.25, 0.3) is 0 Å². The van der Waals surface area contributed by atoms with Crippen LogP contribution in [0.3, 0.4) is 0 Å². The summed E-state index contributed by atoms with van der Waals surface area (Å²) in [5.74, 6) is 0.644. The van der Waals surface area contributed by atoms with Crippen molar-refractivity contribution < 1.29 is 9.90 Å². The zero-order chi connectivity index (χ0) is 21.1. The number of benzene rings is 1. The number of carbonyl (C=O) groups excluding carboxylic acids is 1. The zero-order valence-electron chi connectivity index (χ0n) is 17.4. The van der Waals surface area contributed by atoms with Gasteiger partial charge in [-0.3, -0.25) is 4.79 Å². The van der Waals surface area contributed by atoms with Gasteiger partial charge in [0.15, 0.2) is 0 Å². The number of carbonyl (C=O) groups is 1. The molecular formula is C24H28N4O2. The second-order valence-electron chi connectivity index (χ2n) is 8.64. The summed E-state index contributed by atoms with van der Waals surface area (Å²) < 4.78 is 0. The molecule has 2 aromatic rings. The van der Waals surface area contributed by atoms with Gasteiger partial charge in [-0.15, -0.1) is 0 Å². The predicted octanol–water partition coefficient (Wildman–Crippen LogP) is 2.38. The fourth-order valence-corrected chi connectivity index (χ4v) is 4.53. The van der Waals surface area contributed by atoms with Gasteiger partial charge in [-0.2, -0.15) is 5.26 Å². The first-order valence-corrected chi connectivity index (χ1v) is 10.7. The van der Waals surface area contributed by atoms with Crippen molar-refractivity contribution in [3.05, 3.63) is 58.8 Å². The molecule has 1 aliphatic heterocycles. The number of rotatable bonds is 6. The molecule has 2 aliphatic rings. The van der Waals surface area contributed by atoms with E-state index in [0.29, 0.717) is 30.9 Å². The van der Waals surface area contributed by atoms with Gasteiger partial charge in [0.05, 0.1) is 17.6 Å². The number of hydrogen-bond acceptors (Lipinski definition) is 5. The van der Waals surface area contributed by atoms with Gasteiger partial charge >= 0.3 is 0 Å². The minimum atomic E-state index is -0.602. The molecule has 156 valence electrons. The van der Waals surface area contributed by atoms with E-state index in [4.69, 9.17) is 4.98 Å². The molecule has 4 rings (SSSR count). The fourth-order valence-electron chi connectivity index (χ4n) is 4.53. The maximum absolute atomic E-state index is 13.2. The van der Waals surface area contributed by atoms with E-state index in [1.54, 1.807) is 6.92 Å². The molecule has 1 fully saturated rings. The van der Waals surface area contributed by atoms with E-state index in [0.717, 1.165) is 36.9 Å². The molecule has 2 N–H and O–H groups in total. The Kier molecular flexibility index (Phi) is 5.74. The van der Waals surface area contributed by atoms with Crippen molar-refractivity contribution in [2.75, 3.05) is 24.6 Å². The van der Waals surface area contributed by atoms with Crippen LogP contribution in [0.4, 0.5) is 5.82 Å². The topological polar surface area (TPSA) is 89.2 Å². The van der Waals surface area contributed by atoms with Gasteiger partial charge in [-0.25, -0.2) is 4.98 Å². The number of aromatic nitrogens is 1. The Labute approximate surface area is 177 Å². The molecule has 0 bridgehead atoms. The number of amides is 1. The first kappa shape index (κ1) is 20.4. The lowest BCUT2D eigenvalue weighted by molar-refractivity contribution is -0.133. The van der Waals surface area contributed by atoms with Gasteiger partial charge in [0, 0.05) is 24.8 Å². The zero-order valence-corrected chi connectivity index (χ0v) is 17.4. The summed E-state index contributed by atoms with van der Waals surface area (Å²) in [4.78, 5) is 20.1. The highest BCUT2D eigenvalue weighted by Gasteiger charge is 2.50. The molecule has 2 heterocycles. The van der Waals surface area contributed by atoms with Crippen LogP contribution >= 0.6 is 0 Å². The maximum Gasteiger partial charge on any atom is 0.230 e. The van der Waals surface area contributed by atoms with E-state index < -0.39 is 5.41 Å². The van der Waals surface area contributed by atoms with E-state index in [1.165, 1.54) is 5.56 Å². The van der Waals surface area contributed by atoms with Gasteiger partial charge < -0.3 is 15.3 Å². The van der Waals surface area contributed by atoms with Crippen molar-refractivity contribution in [2.45, 2.75) is 45.1 Å². The Bertz CT molecular complexity index is 961. The number of aliphatic hydroxyl groups excluding tert-OH is 1. The Morgan fingerprint density at radius 1 is 1.30 bits per heavy atom. The van der Waals surface area contributed by atoms with E-state index in [2.05, 4.69) is 16.3 Å². The fraction of sp³-hybridized carbons (Fsp3) is 0.458. The predicted molar refractivity (Wildman–Crippen MR) is 115 cm³/mol. The quantitative estimate of drug-likeness (QED) is 0.772. The highest BCUT2D eigenvalue weighted by atomic mass is 16.3. The standard InChI is InChI=1S/C24H28N4O2/c1-17(14-29)26-23(30)24(12-18-7-3-2-4-8-18)15-28(16-24)22-20(13-25)11-19-9-5-6-10-21(19)27-22/h2-4,7-8,11,17,29H,5-6,9-10,12,14-16H2,1H3,(H,26,30). The van der Waals surface area contributed by atoms with Crippen LogP contribution in [-0.4, -0.2) is 41.7 Å². The Hall–Kier alpha value is -2.91. The third kappa shape index (κ3) is 3.90. The number of fused-ring (bicyclic) bond motifs is 1. The molecule has 30 heavy (non-hydrogen) atoms. The van der Waals surface area contributed by atoms with Gasteiger partial charge in [-0.1, -0.05) is 30.3 Å². The third-order valence-corrected chi connectivity index (χ3v) is 6.21. The summed E-state index contributed by atoms with van der Waals surface area (Å²) in [6.45, 7) is 2.71. The average molecular weight is 405 g/mol. The molecule has 0 saturated carbocycles. The van der Waals surface area contributed by atoms with Crippen molar-refractivity contribution in [1.29, 1.82) is 5.26 Å². The lowest BCUT2D eigenvalue weighted by Crippen LogP contribution is -2.65. The highest BCUT2D eigenvalue weighted by molar-refractivity contribution is 5.87. The van der Waals surface area contributed by atoms with Gasteiger partial charge in [0.1, 0.15) is 11.9 Å². The molecule has 0 radical (unpaired) electrons. The first-order chi connectivity index (χ1) is 14.5. The van der Waals surface area contributed by atoms with E-state index in [9.17, 15) is 15.2 Å². The van der Waals surface area contributed by atoms with Crippen LogP contribution in [0, 0.1) is 16.7 Å². The van der Waals surface area contributed by atoms with E-state index in [-0.39, 0.29) is 18.6 Å². The smallest absolute Gasteiger partial charge is 0.230 e. The molecule has 1 atom stereocenters. The van der Waals surface area contributed by atoms with Crippen LogP contribution in [0.2, 0.25) is 0 Å². The summed E-state index contributed by atoms with van der Waals surface area (Å²) in [6, 6.07) is 14.0. The monoisotopic (exact) mass is 404 g/mol. The summed E-state index contributed by atoms with van der Waals surface area (Å²) in [5, 5.41) is 22.0. The summed E-state index contributed by atoms with van der Waals surface area (Å²) >= 11 is 0. The van der Waals surface area contributed by atoms with Crippen LogP contribution in [0.1, 0.15) is 42.1 Å². The number of aliphatic hydroxyl groups is 1. The number of hydrogen-bond donors (Lipinski definition) is 2. The molecule has 1 aliphatic carbocycles. The number of nitriles is 1. The third-order valence-electron chi connectivity index (χ3n) is 6.21. The Balaban J connectivity index is 1.60. The van der Waals surface area contributed by atoms with Crippen molar-refractivity contribution in [2.24, 2.45) is 5.41 Å². The van der Waals surface area contributed by atoms with Crippen LogP contribution in [-0.2, 0) is 24.1 Å². The van der Waals surface area contributed by atoms with Crippen molar-refractivity contribution in [3.8, 4) is 6.07 Å². The molecule has 6 nitrogen and oxygen atoms in total. The lowest BCUT2D eigenvalue weighted by atomic mass is 9.73. The number of pyridine rings is 1. The van der Waals surface area contributed by atoms with E-state index >= 15 is 0 Å².